The van der Waals surface area contributed by atoms with E-state index in [1.807, 2.05) is 0 Å². The molecule has 0 N–H and O–H groups in total. The predicted molar refractivity (Wildman–Crippen MR) is 294 cm³/mol. The third kappa shape index (κ3) is 7.16. The molecule has 0 unspecified atom stereocenters. The Kier molecular flexibility index (Phi) is 9.84. The molecule has 324 valence electrons. The van der Waals surface area contributed by atoms with Gasteiger partial charge in [-0.1, -0.05) is 182 Å². The zero-order valence-corrected chi connectivity index (χ0v) is 37.8. The van der Waals surface area contributed by atoms with Crippen LogP contribution in [-0.4, -0.2) is 4.57 Å². The number of aromatic nitrogens is 1. The molecule has 0 amide bonds. The Morgan fingerprint density at radius 3 is 1.38 bits per heavy atom. The lowest BCUT2D eigenvalue weighted by molar-refractivity contribution is 1.18. The van der Waals surface area contributed by atoms with Crippen molar-refractivity contribution in [2.45, 2.75) is 0 Å². The maximum atomic E-state index is 2.44. The molecule has 0 spiro atoms. The summed E-state index contributed by atoms with van der Waals surface area (Å²) in [6.07, 6.45) is 0. The van der Waals surface area contributed by atoms with E-state index in [0.29, 0.717) is 0 Å². The third-order valence-electron chi connectivity index (χ3n) is 13.7. The lowest BCUT2D eigenvalue weighted by atomic mass is 9.95. The van der Waals surface area contributed by atoms with Gasteiger partial charge in [-0.15, -0.1) is 0 Å². The van der Waals surface area contributed by atoms with E-state index < -0.39 is 0 Å². The summed E-state index contributed by atoms with van der Waals surface area (Å²) >= 11 is 0. The van der Waals surface area contributed by atoms with Crippen LogP contribution in [0.25, 0.3) is 82.1 Å². The lowest BCUT2D eigenvalue weighted by Crippen LogP contribution is -2.11. The first-order valence-electron chi connectivity index (χ1n) is 23.7. The molecule has 0 atom stereocenters. The summed E-state index contributed by atoms with van der Waals surface area (Å²) in [5, 5.41) is 9.66. The average Bonchev–Trinajstić information content (AvgIpc) is 3.75. The molecule has 69 heavy (non-hydrogen) atoms. The molecule has 13 rings (SSSR count). The molecule has 0 aliphatic rings. The van der Waals surface area contributed by atoms with E-state index >= 15 is 0 Å². The second-order valence-electron chi connectivity index (χ2n) is 17.8. The third-order valence-corrected chi connectivity index (χ3v) is 13.7. The van der Waals surface area contributed by atoms with Crippen LogP contribution in [-0.2, 0) is 0 Å². The zero-order chi connectivity index (χ0) is 45.7. The monoisotopic (exact) mass is 879 g/mol. The SMILES string of the molecule is c1ccc(-c2ccc(N(c3ccc(-c4ccc(N(c5ccc6ccccc6c5)c5ccc6c(c5)c5ccccc5n6-c5ccccc5)c5ccccc45)cc3)c3ccc4ccccc4c3)cc2)cc1. The zero-order valence-electron chi connectivity index (χ0n) is 37.8. The van der Waals surface area contributed by atoms with Gasteiger partial charge < -0.3 is 14.4 Å². The highest BCUT2D eigenvalue weighted by atomic mass is 15.1. The fraction of sp³-hybridized carbons (Fsp3) is 0. The van der Waals surface area contributed by atoms with Crippen LogP contribution in [0.2, 0.25) is 0 Å². The summed E-state index contributed by atoms with van der Waals surface area (Å²) in [6, 6.07) is 99.3. The van der Waals surface area contributed by atoms with E-state index in [4.69, 9.17) is 0 Å². The van der Waals surface area contributed by atoms with Crippen LogP contribution in [0.1, 0.15) is 0 Å². The van der Waals surface area contributed by atoms with Gasteiger partial charge in [0.2, 0.25) is 0 Å². The molecule has 0 aliphatic heterocycles. The van der Waals surface area contributed by atoms with Gasteiger partial charge in [0.15, 0.2) is 0 Å². The van der Waals surface area contributed by atoms with Gasteiger partial charge in [-0.2, -0.15) is 0 Å². The van der Waals surface area contributed by atoms with E-state index in [2.05, 4.69) is 287 Å². The van der Waals surface area contributed by atoms with Gasteiger partial charge in [-0.3, -0.25) is 0 Å². The van der Waals surface area contributed by atoms with Crippen LogP contribution in [0.15, 0.2) is 273 Å². The van der Waals surface area contributed by atoms with Crippen molar-refractivity contribution in [1.29, 1.82) is 0 Å². The molecular weight excluding hydrogens is 835 g/mol. The number of fused-ring (bicyclic) bond motifs is 6. The number of hydrogen-bond acceptors (Lipinski definition) is 2. The second-order valence-corrected chi connectivity index (χ2v) is 17.8. The van der Waals surface area contributed by atoms with Gasteiger partial charge >= 0.3 is 0 Å². The number of benzene rings is 12. The molecule has 0 bridgehead atoms. The van der Waals surface area contributed by atoms with Crippen molar-refractivity contribution >= 4 is 88.2 Å². The second kappa shape index (κ2) is 16.9. The van der Waals surface area contributed by atoms with Crippen molar-refractivity contribution in [3.05, 3.63) is 273 Å². The molecule has 0 saturated carbocycles. The molecule has 3 heteroatoms. The summed E-state index contributed by atoms with van der Waals surface area (Å²) in [7, 11) is 0. The van der Waals surface area contributed by atoms with Crippen LogP contribution in [0.4, 0.5) is 34.1 Å². The first-order valence-corrected chi connectivity index (χ1v) is 23.7. The van der Waals surface area contributed by atoms with Gasteiger partial charge in [0.1, 0.15) is 0 Å². The molecule has 13 aromatic rings. The van der Waals surface area contributed by atoms with Crippen LogP contribution < -0.4 is 9.80 Å². The molecule has 12 aromatic carbocycles. The van der Waals surface area contributed by atoms with Crippen LogP contribution >= 0.6 is 0 Å². The van der Waals surface area contributed by atoms with E-state index in [9.17, 15) is 0 Å². The molecule has 1 aromatic heterocycles. The van der Waals surface area contributed by atoms with E-state index in [1.165, 1.54) is 70.8 Å². The van der Waals surface area contributed by atoms with Crippen LogP contribution in [0, 0.1) is 0 Å². The van der Waals surface area contributed by atoms with Crippen molar-refractivity contribution in [3.63, 3.8) is 0 Å². The predicted octanol–water partition coefficient (Wildman–Crippen LogP) is 18.5. The number of nitrogens with zero attached hydrogens (tertiary/aromatic N) is 3. The highest BCUT2D eigenvalue weighted by molar-refractivity contribution is 6.12. The first-order chi connectivity index (χ1) is 34.2. The van der Waals surface area contributed by atoms with E-state index in [1.54, 1.807) is 0 Å². The Balaban J connectivity index is 0.935. The Labute approximate surface area is 401 Å². The van der Waals surface area contributed by atoms with Crippen molar-refractivity contribution in [3.8, 4) is 27.9 Å². The van der Waals surface area contributed by atoms with Crippen molar-refractivity contribution in [2.24, 2.45) is 0 Å². The van der Waals surface area contributed by atoms with Crippen LogP contribution in [0.3, 0.4) is 0 Å². The number of anilines is 6. The molecule has 0 aliphatic carbocycles. The maximum absolute atomic E-state index is 2.44. The Morgan fingerprint density at radius 1 is 0.246 bits per heavy atom. The van der Waals surface area contributed by atoms with Crippen LogP contribution in [0.5, 0.6) is 0 Å². The highest BCUT2D eigenvalue weighted by Gasteiger charge is 2.21. The molecular formula is C66H45N3. The lowest BCUT2D eigenvalue weighted by Gasteiger charge is -2.28. The minimum Gasteiger partial charge on any atom is -0.310 e. The molecule has 0 saturated heterocycles. The molecule has 1 heterocycles. The van der Waals surface area contributed by atoms with Gasteiger partial charge in [-0.05, 0) is 140 Å². The quantitative estimate of drug-likeness (QED) is 0.143. The number of para-hydroxylation sites is 2. The first kappa shape index (κ1) is 40.1. The average molecular weight is 880 g/mol. The largest absolute Gasteiger partial charge is 0.310 e. The summed E-state index contributed by atoms with van der Waals surface area (Å²) < 4.78 is 2.38. The van der Waals surface area contributed by atoms with Gasteiger partial charge in [0, 0.05) is 50.3 Å². The Bertz CT molecular complexity index is 4000. The summed E-state index contributed by atoms with van der Waals surface area (Å²) in [5.41, 5.74) is 14.9. The summed E-state index contributed by atoms with van der Waals surface area (Å²) in [4.78, 5) is 4.81. The number of rotatable bonds is 9. The maximum Gasteiger partial charge on any atom is 0.0542 e. The smallest absolute Gasteiger partial charge is 0.0542 e. The molecule has 3 nitrogen and oxygen atoms in total. The van der Waals surface area contributed by atoms with E-state index in [0.717, 1.165) is 45.4 Å². The van der Waals surface area contributed by atoms with Gasteiger partial charge in [-0.25, -0.2) is 0 Å². The van der Waals surface area contributed by atoms with E-state index in [-0.39, 0.29) is 0 Å². The summed E-state index contributed by atoms with van der Waals surface area (Å²) in [5.74, 6) is 0. The summed E-state index contributed by atoms with van der Waals surface area (Å²) in [6.45, 7) is 0. The van der Waals surface area contributed by atoms with Crippen molar-refractivity contribution in [1.82, 2.24) is 4.57 Å². The minimum absolute atomic E-state index is 1.09. The van der Waals surface area contributed by atoms with Crippen molar-refractivity contribution < 1.29 is 0 Å². The van der Waals surface area contributed by atoms with Gasteiger partial charge in [0.25, 0.3) is 0 Å². The highest BCUT2D eigenvalue weighted by Crippen LogP contribution is 2.45. The minimum atomic E-state index is 1.09. The fourth-order valence-electron chi connectivity index (χ4n) is 10.4. The topological polar surface area (TPSA) is 11.4 Å². The Hall–Kier alpha value is -9.18. The molecule has 0 fully saturated rings. The molecule has 0 radical (unpaired) electrons. The normalized spacial score (nSPS) is 11.5. The standard InChI is InChI=1S/C66H45N3/c1-3-15-46(16-4-1)49-27-33-54(34-28-49)67(56-37-29-47-17-7-9-19-51(47)43-56)55-35-31-50(32-36-55)59-40-42-65(61-24-12-11-23-60(59)61)68(57-38-30-48-18-8-10-20-52(48)44-57)58-39-41-66-63(45-58)62-25-13-14-26-64(62)69(66)53-21-5-2-6-22-53/h1-45H. The van der Waals surface area contributed by atoms with Crippen molar-refractivity contribution in [2.75, 3.05) is 9.80 Å². The van der Waals surface area contributed by atoms with Gasteiger partial charge in [0.05, 0.1) is 16.7 Å². The Morgan fingerprint density at radius 2 is 0.710 bits per heavy atom. The fourth-order valence-corrected chi connectivity index (χ4v) is 10.4. The number of hydrogen-bond donors (Lipinski definition) is 0.